The van der Waals surface area contributed by atoms with Gasteiger partial charge in [0.05, 0.1) is 0 Å². The number of nitriles is 1. The van der Waals surface area contributed by atoms with Gasteiger partial charge < -0.3 is 0 Å². The topological polar surface area (TPSA) is 23.8 Å². The Kier molecular flexibility index (Phi) is 4.31. The van der Waals surface area contributed by atoms with E-state index in [0.29, 0.717) is 11.5 Å². The molecule has 1 aliphatic carbocycles. The van der Waals surface area contributed by atoms with E-state index in [1.165, 1.54) is 12.1 Å². The Balaban J connectivity index is 2.12. The van der Waals surface area contributed by atoms with Crippen LogP contribution >= 0.6 is 0 Å². The van der Waals surface area contributed by atoms with E-state index in [1.54, 1.807) is 6.07 Å². The van der Waals surface area contributed by atoms with E-state index < -0.39 is 17.2 Å². The van der Waals surface area contributed by atoms with Gasteiger partial charge in [0.15, 0.2) is 0 Å². The van der Waals surface area contributed by atoms with Gasteiger partial charge in [-0.1, -0.05) is 6.08 Å². The highest BCUT2D eigenvalue weighted by Crippen LogP contribution is 2.37. The summed E-state index contributed by atoms with van der Waals surface area (Å²) in [6.07, 6.45) is 6.99. The van der Waals surface area contributed by atoms with Crippen molar-refractivity contribution in [3.05, 3.63) is 47.5 Å². The predicted octanol–water partition coefficient (Wildman–Crippen LogP) is 4.69. The van der Waals surface area contributed by atoms with Gasteiger partial charge >= 0.3 is 0 Å². The third-order valence-electron chi connectivity index (χ3n) is 3.99. The minimum absolute atomic E-state index is 0.206. The number of nitrogens with zero attached hydrogens (tertiary/aromatic N) is 1. The first-order valence-corrected chi connectivity index (χ1v) is 6.65. The van der Waals surface area contributed by atoms with Gasteiger partial charge in [0.2, 0.25) is 0 Å². The molecule has 0 aromatic heterocycles. The Bertz CT molecular complexity index is 485. The first-order chi connectivity index (χ1) is 9.15. The highest BCUT2D eigenvalue weighted by Gasteiger charge is 2.23. The summed E-state index contributed by atoms with van der Waals surface area (Å²) in [4.78, 5) is 0. The van der Waals surface area contributed by atoms with Gasteiger partial charge in [0.1, 0.15) is 23.3 Å². The highest BCUT2D eigenvalue weighted by molar-refractivity contribution is 5.36. The number of benzene rings is 1. The van der Waals surface area contributed by atoms with E-state index in [-0.39, 0.29) is 5.92 Å². The molecular weight excluding hydrogens is 244 g/mol. The number of hydrogen-bond acceptors (Lipinski definition) is 1. The van der Waals surface area contributed by atoms with Crippen LogP contribution in [0.1, 0.15) is 49.1 Å². The van der Waals surface area contributed by atoms with Crippen molar-refractivity contribution in [1.29, 1.82) is 5.26 Å². The molecule has 2 rings (SSSR count). The van der Waals surface area contributed by atoms with Gasteiger partial charge in [0, 0.05) is 0 Å². The van der Waals surface area contributed by atoms with E-state index >= 15 is 0 Å². The molecule has 1 fully saturated rings. The van der Waals surface area contributed by atoms with Crippen molar-refractivity contribution < 1.29 is 8.78 Å². The molecular formula is C16H17F2N. The highest BCUT2D eigenvalue weighted by atomic mass is 19.1. The molecule has 1 aliphatic rings. The third kappa shape index (κ3) is 3.01. The largest absolute Gasteiger partial charge is 0.205 e. The molecule has 0 unspecified atom stereocenters. The minimum atomic E-state index is -0.745. The number of hydrogen-bond donors (Lipinski definition) is 0. The predicted molar refractivity (Wildman–Crippen MR) is 70.6 cm³/mol. The van der Waals surface area contributed by atoms with Gasteiger partial charge in [-0.15, -0.1) is 6.58 Å². The number of rotatable bonds is 3. The minimum Gasteiger partial charge on any atom is -0.205 e. The normalized spacial score (nSPS) is 22.8. The summed E-state index contributed by atoms with van der Waals surface area (Å²) in [7, 11) is 0. The molecule has 0 heterocycles. The lowest BCUT2D eigenvalue weighted by molar-refractivity contribution is 0.327. The average Bonchev–Trinajstić information content (AvgIpc) is 2.39. The Labute approximate surface area is 112 Å². The SMILES string of the molecule is C=CCC1CCC(c2cc(F)c(C#N)c(F)c2)CC1. The van der Waals surface area contributed by atoms with Crippen LogP contribution in [0.25, 0.3) is 0 Å². The summed E-state index contributed by atoms with van der Waals surface area (Å²) < 4.78 is 27.2. The van der Waals surface area contributed by atoms with Crippen molar-refractivity contribution >= 4 is 0 Å². The van der Waals surface area contributed by atoms with Crippen LogP contribution in [0.4, 0.5) is 8.78 Å². The smallest absolute Gasteiger partial charge is 0.144 e. The standard InChI is InChI=1S/C16H17F2N/c1-2-3-11-4-6-12(7-5-11)13-8-15(17)14(10-19)16(18)9-13/h2,8-9,11-12H,1,3-7H2. The van der Waals surface area contributed by atoms with Crippen molar-refractivity contribution in [2.75, 3.05) is 0 Å². The van der Waals surface area contributed by atoms with Crippen LogP contribution in [0.3, 0.4) is 0 Å². The molecule has 19 heavy (non-hydrogen) atoms. The molecule has 1 aromatic carbocycles. The lowest BCUT2D eigenvalue weighted by Crippen LogP contribution is -2.13. The molecule has 1 saturated carbocycles. The zero-order chi connectivity index (χ0) is 13.8. The Morgan fingerprint density at radius 2 is 1.79 bits per heavy atom. The Hall–Kier alpha value is -1.69. The maximum atomic E-state index is 13.6. The molecule has 1 nitrogen and oxygen atoms in total. The summed E-state index contributed by atoms with van der Waals surface area (Å²) in [5.41, 5.74) is 0.204. The zero-order valence-electron chi connectivity index (χ0n) is 10.8. The van der Waals surface area contributed by atoms with E-state index in [4.69, 9.17) is 5.26 Å². The van der Waals surface area contributed by atoms with Crippen LogP contribution in [-0.2, 0) is 0 Å². The van der Waals surface area contributed by atoms with Gasteiger partial charge in [-0.25, -0.2) is 8.78 Å². The molecule has 3 heteroatoms. The quantitative estimate of drug-likeness (QED) is 0.724. The van der Waals surface area contributed by atoms with E-state index in [1.807, 2.05) is 6.08 Å². The first-order valence-electron chi connectivity index (χ1n) is 6.65. The van der Waals surface area contributed by atoms with E-state index in [9.17, 15) is 8.78 Å². The van der Waals surface area contributed by atoms with Gasteiger partial charge in [-0.3, -0.25) is 0 Å². The fourth-order valence-electron chi connectivity index (χ4n) is 2.90. The fourth-order valence-corrected chi connectivity index (χ4v) is 2.90. The molecule has 1 aromatic rings. The van der Waals surface area contributed by atoms with Crippen molar-refractivity contribution in [2.24, 2.45) is 5.92 Å². The molecule has 0 radical (unpaired) electrons. The second-order valence-corrected chi connectivity index (χ2v) is 5.21. The lowest BCUT2D eigenvalue weighted by atomic mass is 9.77. The maximum Gasteiger partial charge on any atom is 0.144 e. The first kappa shape index (κ1) is 13.7. The fraction of sp³-hybridized carbons (Fsp3) is 0.438. The van der Waals surface area contributed by atoms with E-state index in [0.717, 1.165) is 32.1 Å². The van der Waals surface area contributed by atoms with Gasteiger partial charge in [0.25, 0.3) is 0 Å². The molecule has 0 N–H and O–H groups in total. The molecule has 100 valence electrons. The summed E-state index contributed by atoms with van der Waals surface area (Å²) in [6.45, 7) is 3.74. The third-order valence-corrected chi connectivity index (χ3v) is 3.99. The summed E-state index contributed by atoms with van der Waals surface area (Å²) in [6, 6.07) is 4.20. The van der Waals surface area contributed by atoms with Crippen LogP contribution in [0, 0.1) is 28.9 Å². The second kappa shape index (κ2) is 5.97. The lowest BCUT2D eigenvalue weighted by Gasteiger charge is -2.28. The monoisotopic (exact) mass is 261 g/mol. The van der Waals surface area contributed by atoms with Crippen molar-refractivity contribution in [3.8, 4) is 6.07 Å². The Morgan fingerprint density at radius 3 is 2.26 bits per heavy atom. The van der Waals surface area contributed by atoms with Crippen molar-refractivity contribution in [2.45, 2.75) is 38.0 Å². The summed E-state index contributed by atoms with van der Waals surface area (Å²) in [5, 5.41) is 8.65. The van der Waals surface area contributed by atoms with Crippen LogP contribution in [-0.4, -0.2) is 0 Å². The number of allylic oxidation sites excluding steroid dienone is 1. The molecule has 0 aliphatic heterocycles. The maximum absolute atomic E-state index is 13.6. The summed E-state index contributed by atoms with van der Waals surface area (Å²) >= 11 is 0. The van der Waals surface area contributed by atoms with Crippen LogP contribution in [0.15, 0.2) is 24.8 Å². The molecule has 0 saturated heterocycles. The second-order valence-electron chi connectivity index (χ2n) is 5.21. The van der Waals surface area contributed by atoms with Crippen molar-refractivity contribution in [1.82, 2.24) is 0 Å². The number of halogens is 2. The van der Waals surface area contributed by atoms with E-state index in [2.05, 4.69) is 6.58 Å². The molecule has 0 amide bonds. The van der Waals surface area contributed by atoms with Crippen LogP contribution < -0.4 is 0 Å². The van der Waals surface area contributed by atoms with Gasteiger partial charge in [-0.2, -0.15) is 5.26 Å². The summed E-state index contributed by atoms with van der Waals surface area (Å²) in [5.74, 6) is -0.629. The zero-order valence-corrected chi connectivity index (χ0v) is 10.8. The molecule has 0 atom stereocenters. The Morgan fingerprint density at radius 1 is 1.21 bits per heavy atom. The molecule has 0 spiro atoms. The molecule has 0 bridgehead atoms. The van der Waals surface area contributed by atoms with Crippen molar-refractivity contribution in [3.63, 3.8) is 0 Å². The van der Waals surface area contributed by atoms with Crippen LogP contribution in [0.2, 0.25) is 0 Å². The average molecular weight is 261 g/mol. The van der Waals surface area contributed by atoms with Gasteiger partial charge in [-0.05, 0) is 61.6 Å². The van der Waals surface area contributed by atoms with Crippen LogP contribution in [0.5, 0.6) is 0 Å².